The lowest BCUT2D eigenvalue weighted by atomic mass is 10.1. The minimum absolute atomic E-state index is 0.0839. The first-order valence-corrected chi connectivity index (χ1v) is 21.5. The maximum absolute atomic E-state index is 12.5. The van der Waals surface area contributed by atoms with E-state index in [0.29, 0.717) is 19.4 Å². The summed E-state index contributed by atoms with van der Waals surface area (Å²) < 4.78 is 17.1. The van der Waals surface area contributed by atoms with Gasteiger partial charge in [0.25, 0.3) is 0 Å². The molecule has 0 aromatic heterocycles. The Morgan fingerprint density at radius 3 is 1.38 bits per heavy atom. The number of carbonyl (C=O) groups is 2. The third kappa shape index (κ3) is 38.9. The number of hydrogen-bond acceptors (Lipinski definition) is 5. The number of allylic oxidation sites excluding steroid dienone is 6. The highest BCUT2D eigenvalue weighted by Gasteiger charge is 2.17. The van der Waals surface area contributed by atoms with Crippen LogP contribution in [0.15, 0.2) is 36.5 Å². The fourth-order valence-corrected chi connectivity index (χ4v) is 5.93. The van der Waals surface area contributed by atoms with Gasteiger partial charge in [-0.2, -0.15) is 0 Å². The van der Waals surface area contributed by atoms with E-state index in [-0.39, 0.29) is 25.2 Å². The molecule has 0 rings (SSSR count). The highest BCUT2D eigenvalue weighted by Crippen LogP contribution is 2.13. The van der Waals surface area contributed by atoms with Gasteiger partial charge < -0.3 is 14.2 Å². The van der Waals surface area contributed by atoms with Gasteiger partial charge in [0.1, 0.15) is 6.61 Å². The van der Waals surface area contributed by atoms with Gasteiger partial charge in [0.15, 0.2) is 6.10 Å². The number of hydrogen-bond donors (Lipinski definition) is 0. The molecule has 0 aromatic carbocycles. The first-order chi connectivity index (χ1) is 24.6. The topological polar surface area (TPSA) is 61.8 Å². The molecular formula is C45H82O5. The number of unbranched alkanes of at least 4 members (excludes halogenated alkanes) is 22. The lowest BCUT2D eigenvalue weighted by molar-refractivity contribution is -0.163. The Bertz CT molecular complexity index is 801. The summed E-state index contributed by atoms with van der Waals surface area (Å²) in [6.45, 7) is 7.70. The van der Waals surface area contributed by atoms with E-state index in [1.165, 1.54) is 122 Å². The van der Waals surface area contributed by atoms with Crippen LogP contribution in [0.25, 0.3) is 0 Å². The molecule has 1 unspecified atom stereocenters. The zero-order valence-electron chi connectivity index (χ0n) is 33.4. The highest BCUT2D eigenvalue weighted by atomic mass is 16.6. The molecule has 0 spiro atoms. The molecule has 0 amide bonds. The molecule has 292 valence electrons. The predicted molar refractivity (Wildman–Crippen MR) is 215 cm³/mol. The Morgan fingerprint density at radius 2 is 0.840 bits per heavy atom. The van der Waals surface area contributed by atoms with E-state index in [1.807, 2.05) is 0 Å². The second-order valence-corrected chi connectivity index (χ2v) is 14.3. The maximum atomic E-state index is 12.5. The largest absolute Gasteiger partial charge is 0.462 e. The Morgan fingerprint density at radius 1 is 0.440 bits per heavy atom. The first kappa shape index (κ1) is 48.1. The molecule has 0 bridgehead atoms. The van der Waals surface area contributed by atoms with Gasteiger partial charge in [0.2, 0.25) is 0 Å². The van der Waals surface area contributed by atoms with Crippen LogP contribution < -0.4 is 0 Å². The fourth-order valence-electron chi connectivity index (χ4n) is 5.93. The maximum Gasteiger partial charge on any atom is 0.306 e. The van der Waals surface area contributed by atoms with E-state index in [4.69, 9.17) is 14.2 Å². The number of carbonyl (C=O) groups excluding carboxylic acids is 2. The van der Waals surface area contributed by atoms with Gasteiger partial charge in [-0.25, -0.2) is 0 Å². The summed E-state index contributed by atoms with van der Waals surface area (Å²) in [5.74, 6) is -0.414. The van der Waals surface area contributed by atoms with Crippen molar-refractivity contribution in [3.8, 4) is 0 Å². The second-order valence-electron chi connectivity index (χ2n) is 14.3. The Labute approximate surface area is 310 Å². The standard InChI is InChI=1S/C45H82O5/c1-4-7-10-13-15-17-18-19-20-21-22-23-24-25-26-27-29-31-34-37-40-48-41-43(50-45(47)39-36-32-12-9-6-3)42-49-44(46)38-35-33-30-28-16-14-11-8-5-2/h15,17,19-20,22-23,43H,4-14,16,18,21,24-42H2,1-3H3/b17-15-,20-19-,23-22-. The van der Waals surface area contributed by atoms with Crippen molar-refractivity contribution >= 4 is 11.9 Å². The van der Waals surface area contributed by atoms with E-state index < -0.39 is 6.10 Å². The lowest BCUT2D eigenvalue weighted by Crippen LogP contribution is -2.30. The van der Waals surface area contributed by atoms with Crippen LogP contribution in [-0.2, 0) is 23.8 Å². The molecule has 0 saturated heterocycles. The summed E-state index contributed by atoms with van der Waals surface area (Å²) >= 11 is 0. The molecule has 0 N–H and O–H groups in total. The van der Waals surface area contributed by atoms with E-state index in [0.717, 1.165) is 57.8 Å². The predicted octanol–water partition coefficient (Wildman–Crippen LogP) is 13.9. The van der Waals surface area contributed by atoms with E-state index >= 15 is 0 Å². The molecule has 5 heteroatoms. The molecule has 0 saturated carbocycles. The fraction of sp³-hybridized carbons (Fsp3) is 0.822. The van der Waals surface area contributed by atoms with Gasteiger partial charge >= 0.3 is 11.9 Å². The first-order valence-electron chi connectivity index (χ1n) is 21.5. The third-order valence-corrected chi connectivity index (χ3v) is 9.18. The average Bonchev–Trinajstić information content (AvgIpc) is 3.11. The van der Waals surface area contributed by atoms with Crippen molar-refractivity contribution in [2.75, 3.05) is 19.8 Å². The summed E-state index contributed by atoms with van der Waals surface area (Å²) in [6.07, 6.45) is 47.4. The van der Waals surface area contributed by atoms with Crippen molar-refractivity contribution in [1.82, 2.24) is 0 Å². The average molecular weight is 703 g/mol. The normalized spacial score (nSPS) is 12.5. The SMILES string of the molecule is CCCCC/C=C\C/C=C\C/C=C\CCCCCCCCCOCC(COC(=O)CCCCCCCCCCC)OC(=O)CCCCCCC. The Balaban J connectivity index is 4.03. The number of ether oxygens (including phenoxy) is 3. The van der Waals surface area contributed by atoms with Gasteiger partial charge in [-0.05, 0) is 57.8 Å². The zero-order chi connectivity index (χ0) is 36.4. The van der Waals surface area contributed by atoms with Crippen LogP contribution in [0.2, 0.25) is 0 Å². The van der Waals surface area contributed by atoms with Gasteiger partial charge in [0.05, 0.1) is 6.61 Å². The lowest BCUT2D eigenvalue weighted by Gasteiger charge is -2.18. The van der Waals surface area contributed by atoms with Gasteiger partial charge in [-0.1, -0.05) is 179 Å². The van der Waals surface area contributed by atoms with E-state index in [2.05, 4.69) is 57.2 Å². The summed E-state index contributed by atoms with van der Waals surface area (Å²) in [5, 5.41) is 0. The van der Waals surface area contributed by atoms with Crippen molar-refractivity contribution in [2.45, 2.75) is 219 Å². The van der Waals surface area contributed by atoms with Gasteiger partial charge in [-0.3, -0.25) is 9.59 Å². The molecule has 0 aliphatic rings. The molecule has 0 aliphatic carbocycles. The summed E-state index contributed by atoms with van der Waals surface area (Å²) in [5.41, 5.74) is 0. The molecule has 0 fully saturated rings. The molecule has 50 heavy (non-hydrogen) atoms. The van der Waals surface area contributed by atoms with Crippen LogP contribution in [0.1, 0.15) is 213 Å². The van der Waals surface area contributed by atoms with E-state index in [1.54, 1.807) is 0 Å². The van der Waals surface area contributed by atoms with Crippen molar-refractivity contribution in [3.05, 3.63) is 36.5 Å². The number of rotatable bonds is 39. The molecule has 5 nitrogen and oxygen atoms in total. The molecule has 1 atom stereocenters. The zero-order valence-corrected chi connectivity index (χ0v) is 33.4. The summed E-state index contributed by atoms with van der Waals surface area (Å²) in [4.78, 5) is 24.9. The molecule has 0 radical (unpaired) electrons. The Hall–Kier alpha value is -1.88. The molecule has 0 aliphatic heterocycles. The van der Waals surface area contributed by atoms with Gasteiger partial charge in [-0.15, -0.1) is 0 Å². The van der Waals surface area contributed by atoms with Crippen molar-refractivity contribution in [3.63, 3.8) is 0 Å². The third-order valence-electron chi connectivity index (χ3n) is 9.18. The van der Waals surface area contributed by atoms with Crippen LogP contribution in [0, 0.1) is 0 Å². The highest BCUT2D eigenvalue weighted by molar-refractivity contribution is 5.70. The minimum atomic E-state index is -0.530. The quantitative estimate of drug-likeness (QED) is 0.0362. The Kier molecular flexibility index (Phi) is 40.0. The van der Waals surface area contributed by atoms with Crippen molar-refractivity contribution in [1.29, 1.82) is 0 Å². The van der Waals surface area contributed by atoms with Crippen molar-refractivity contribution in [2.24, 2.45) is 0 Å². The van der Waals surface area contributed by atoms with Crippen LogP contribution in [0.3, 0.4) is 0 Å². The van der Waals surface area contributed by atoms with Gasteiger partial charge in [0, 0.05) is 19.4 Å². The molecule has 0 heterocycles. The summed E-state index contributed by atoms with van der Waals surface area (Å²) in [6, 6.07) is 0. The van der Waals surface area contributed by atoms with Crippen molar-refractivity contribution < 1.29 is 23.8 Å². The minimum Gasteiger partial charge on any atom is -0.462 e. The van der Waals surface area contributed by atoms with E-state index in [9.17, 15) is 9.59 Å². The van der Waals surface area contributed by atoms with Crippen LogP contribution >= 0.6 is 0 Å². The molecular weight excluding hydrogens is 620 g/mol. The molecule has 0 aromatic rings. The second kappa shape index (κ2) is 41.5. The monoisotopic (exact) mass is 703 g/mol. The van der Waals surface area contributed by atoms with Crippen LogP contribution in [0.5, 0.6) is 0 Å². The number of esters is 2. The summed E-state index contributed by atoms with van der Waals surface area (Å²) in [7, 11) is 0. The smallest absolute Gasteiger partial charge is 0.306 e. The van der Waals surface area contributed by atoms with Crippen LogP contribution in [-0.4, -0.2) is 37.9 Å². The van der Waals surface area contributed by atoms with Crippen LogP contribution in [0.4, 0.5) is 0 Å².